The topological polar surface area (TPSA) is 106 Å². The first kappa shape index (κ1) is 12.6. The van der Waals surface area contributed by atoms with Crippen molar-refractivity contribution in [2.75, 3.05) is 5.73 Å². The predicted molar refractivity (Wildman–Crippen MR) is 69.9 cm³/mol. The second-order valence-corrected chi connectivity index (χ2v) is 3.96. The fourth-order valence-corrected chi connectivity index (χ4v) is 1.74. The van der Waals surface area contributed by atoms with E-state index in [0.29, 0.717) is 16.8 Å². The normalized spacial score (nSPS) is 10.1. The highest BCUT2D eigenvalue weighted by Crippen LogP contribution is 2.26. The van der Waals surface area contributed by atoms with Crippen LogP contribution in [0, 0.1) is 10.1 Å². The summed E-state index contributed by atoms with van der Waals surface area (Å²) in [6, 6.07) is 10.3. The van der Waals surface area contributed by atoms with Gasteiger partial charge in [0.25, 0.3) is 5.69 Å². The maximum absolute atomic E-state index is 10.9. The predicted octanol–water partition coefficient (Wildman–Crippen LogP) is 2.54. The average molecular weight is 258 g/mol. The smallest absolute Gasteiger partial charge is 0.335 e. The van der Waals surface area contributed by atoms with Crippen LogP contribution in [0.3, 0.4) is 0 Å². The van der Waals surface area contributed by atoms with Crippen LogP contribution >= 0.6 is 0 Å². The Hall–Kier alpha value is -2.89. The van der Waals surface area contributed by atoms with Gasteiger partial charge in [0.1, 0.15) is 0 Å². The number of rotatable bonds is 3. The SMILES string of the molecule is Nc1cc(C(=O)O)cc(-c2cccc([N+](=O)[O-])c2)c1. The molecule has 0 aliphatic rings. The molecule has 0 aliphatic heterocycles. The molecule has 0 heterocycles. The first-order valence-corrected chi connectivity index (χ1v) is 5.36. The highest BCUT2D eigenvalue weighted by atomic mass is 16.6. The van der Waals surface area contributed by atoms with Gasteiger partial charge >= 0.3 is 5.97 Å². The van der Waals surface area contributed by atoms with E-state index in [2.05, 4.69) is 0 Å². The molecule has 0 aromatic heterocycles. The van der Waals surface area contributed by atoms with Crippen molar-refractivity contribution in [3.05, 3.63) is 58.1 Å². The summed E-state index contributed by atoms with van der Waals surface area (Å²) >= 11 is 0. The lowest BCUT2D eigenvalue weighted by molar-refractivity contribution is -0.384. The third kappa shape index (κ3) is 2.68. The molecular weight excluding hydrogens is 248 g/mol. The van der Waals surface area contributed by atoms with Crippen LogP contribution in [-0.2, 0) is 0 Å². The number of aromatic carboxylic acids is 1. The molecule has 6 heteroatoms. The molecule has 0 fully saturated rings. The summed E-state index contributed by atoms with van der Waals surface area (Å²) in [6.45, 7) is 0. The van der Waals surface area contributed by atoms with Gasteiger partial charge < -0.3 is 10.8 Å². The Balaban J connectivity index is 2.55. The van der Waals surface area contributed by atoms with Crippen molar-refractivity contribution in [2.24, 2.45) is 0 Å². The number of nitrogens with zero attached hydrogens (tertiary/aromatic N) is 1. The van der Waals surface area contributed by atoms with Crippen molar-refractivity contribution >= 4 is 17.3 Å². The second kappa shape index (κ2) is 4.77. The Kier molecular flexibility index (Phi) is 3.15. The summed E-state index contributed by atoms with van der Waals surface area (Å²) in [4.78, 5) is 21.2. The highest BCUT2D eigenvalue weighted by molar-refractivity contribution is 5.91. The van der Waals surface area contributed by atoms with Gasteiger partial charge in [-0.05, 0) is 29.3 Å². The summed E-state index contributed by atoms with van der Waals surface area (Å²) in [5.74, 6) is -1.10. The molecule has 0 saturated heterocycles. The van der Waals surface area contributed by atoms with E-state index in [9.17, 15) is 14.9 Å². The monoisotopic (exact) mass is 258 g/mol. The number of nitro benzene ring substituents is 1. The fraction of sp³-hybridized carbons (Fsp3) is 0. The van der Waals surface area contributed by atoms with Crippen LogP contribution in [0.15, 0.2) is 42.5 Å². The van der Waals surface area contributed by atoms with Gasteiger partial charge in [-0.3, -0.25) is 10.1 Å². The Labute approximate surface area is 108 Å². The van der Waals surface area contributed by atoms with E-state index in [0.717, 1.165) is 0 Å². The maximum Gasteiger partial charge on any atom is 0.335 e. The van der Waals surface area contributed by atoms with Crippen LogP contribution < -0.4 is 5.73 Å². The van der Waals surface area contributed by atoms with E-state index >= 15 is 0 Å². The van der Waals surface area contributed by atoms with Crippen molar-refractivity contribution in [3.63, 3.8) is 0 Å². The molecule has 2 aromatic rings. The number of hydrogen-bond acceptors (Lipinski definition) is 4. The zero-order chi connectivity index (χ0) is 14.0. The molecule has 2 aromatic carbocycles. The zero-order valence-electron chi connectivity index (χ0n) is 9.74. The molecule has 0 amide bonds. The van der Waals surface area contributed by atoms with E-state index in [4.69, 9.17) is 10.8 Å². The number of non-ortho nitro benzene ring substituents is 1. The van der Waals surface area contributed by atoms with Crippen LogP contribution in [0.1, 0.15) is 10.4 Å². The van der Waals surface area contributed by atoms with Crippen LogP contribution in [0.2, 0.25) is 0 Å². The summed E-state index contributed by atoms with van der Waals surface area (Å²) in [5.41, 5.74) is 6.99. The van der Waals surface area contributed by atoms with Crippen LogP contribution in [0.5, 0.6) is 0 Å². The van der Waals surface area contributed by atoms with Gasteiger partial charge in [-0.2, -0.15) is 0 Å². The van der Waals surface area contributed by atoms with Crippen molar-refractivity contribution in [2.45, 2.75) is 0 Å². The lowest BCUT2D eigenvalue weighted by Crippen LogP contribution is -1.99. The van der Waals surface area contributed by atoms with Gasteiger partial charge in [0.2, 0.25) is 0 Å². The van der Waals surface area contributed by atoms with E-state index in [1.165, 1.54) is 30.3 Å². The van der Waals surface area contributed by atoms with Crippen molar-refractivity contribution < 1.29 is 14.8 Å². The molecule has 0 spiro atoms. The number of nitrogens with two attached hydrogens (primary N) is 1. The Bertz CT molecular complexity index is 667. The number of carboxylic acids is 1. The third-order valence-corrected chi connectivity index (χ3v) is 2.59. The van der Waals surface area contributed by atoms with Gasteiger partial charge in [0.05, 0.1) is 10.5 Å². The molecule has 0 bridgehead atoms. The summed E-state index contributed by atoms with van der Waals surface area (Å²) in [6.07, 6.45) is 0. The third-order valence-electron chi connectivity index (χ3n) is 2.59. The maximum atomic E-state index is 10.9. The van der Waals surface area contributed by atoms with Crippen LogP contribution in [0.4, 0.5) is 11.4 Å². The largest absolute Gasteiger partial charge is 0.478 e. The summed E-state index contributed by atoms with van der Waals surface area (Å²) in [5, 5.41) is 19.7. The summed E-state index contributed by atoms with van der Waals surface area (Å²) < 4.78 is 0. The Morgan fingerprint density at radius 3 is 2.53 bits per heavy atom. The molecule has 96 valence electrons. The van der Waals surface area contributed by atoms with Gasteiger partial charge in [-0.25, -0.2) is 4.79 Å². The molecule has 0 radical (unpaired) electrons. The Morgan fingerprint density at radius 1 is 1.16 bits per heavy atom. The number of carboxylic acid groups (broad SMARTS) is 1. The van der Waals surface area contributed by atoms with Crippen LogP contribution in [-0.4, -0.2) is 16.0 Å². The minimum Gasteiger partial charge on any atom is -0.478 e. The number of hydrogen-bond donors (Lipinski definition) is 2. The number of benzene rings is 2. The molecule has 0 atom stereocenters. The molecule has 0 saturated carbocycles. The first-order valence-electron chi connectivity index (χ1n) is 5.36. The average Bonchev–Trinajstić information content (AvgIpc) is 2.38. The number of carbonyl (C=O) groups is 1. The molecule has 3 N–H and O–H groups in total. The minimum atomic E-state index is -1.10. The Morgan fingerprint density at radius 2 is 1.89 bits per heavy atom. The molecule has 6 nitrogen and oxygen atoms in total. The molecule has 0 unspecified atom stereocenters. The first-order chi connectivity index (χ1) is 8.97. The second-order valence-electron chi connectivity index (χ2n) is 3.96. The summed E-state index contributed by atoms with van der Waals surface area (Å²) in [7, 11) is 0. The lowest BCUT2D eigenvalue weighted by atomic mass is 10.0. The molecule has 0 aliphatic carbocycles. The molecular formula is C13H10N2O4. The molecule has 19 heavy (non-hydrogen) atoms. The lowest BCUT2D eigenvalue weighted by Gasteiger charge is -2.05. The van der Waals surface area contributed by atoms with E-state index in [1.54, 1.807) is 12.1 Å². The highest BCUT2D eigenvalue weighted by Gasteiger charge is 2.10. The van der Waals surface area contributed by atoms with Gasteiger partial charge in [0.15, 0.2) is 0 Å². The van der Waals surface area contributed by atoms with Crippen molar-refractivity contribution in [3.8, 4) is 11.1 Å². The van der Waals surface area contributed by atoms with Gasteiger partial charge in [-0.1, -0.05) is 12.1 Å². The van der Waals surface area contributed by atoms with Crippen molar-refractivity contribution in [1.82, 2.24) is 0 Å². The van der Waals surface area contributed by atoms with E-state index in [1.807, 2.05) is 0 Å². The minimum absolute atomic E-state index is 0.0431. The fourth-order valence-electron chi connectivity index (χ4n) is 1.74. The number of nitrogen functional groups attached to an aromatic ring is 1. The van der Waals surface area contributed by atoms with Crippen molar-refractivity contribution in [1.29, 1.82) is 0 Å². The zero-order valence-corrected chi connectivity index (χ0v) is 9.74. The quantitative estimate of drug-likeness (QED) is 0.499. The van der Waals surface area contributed by atoms with E-state index < -0.39 is 10.9 Å². The van der Waals surface area contributed by atoms with E-state index in [-0.39, 0.29) is 11.3 Å². The number of anilines is 1. The van der Waals surface area contributed by atoms with Gasteiger partial charge in [0, 0.05) is 17.8 Å². The van der Waals surface area contributed by atoms with Gasteiger partial charge in [-0.15, -0.1) is 0 Å². The number of nitro groups is 1. The molecule has 2 rings (SSSR count). The standard InChI is InChI=1S/C13H10N2O4/c14-11-5-9(4-10(6-11)13(16)17)8-2-1-3-12(7-8)15(18)19/h1-7H,14H2,(H,16,17). The van der Waals surface area contributed by atoms with Crippen LogP contribution in [0.25, 0.3) is 11.1 Å².